The first-order valence-corrected chi connectivity index (χ1v) is 11.1. The standard InChI is InChI=1S/C25H24N4O4S/c1-16-3-7-19(8-4-16)29-21-15-17(23(31)26-12-14-30)11-13-28(21)22(25(29)34)24(32)27-18-5-9-20(33-2)10-6-18/h3-11,13,15,30H,12,14H2,1-2H3,(H2-,26,27,31,32,34)/p+1. The van der Waals surface area contributed by atoms with Crippen LogP contribution in [0.5, 0.6) is 5.75 Å². The molecule has 4 rings (SSSR count). The van der Waals surface area contributed by atoms with E-state index in [2.05, 4.69) is 10.6 Å². The lowest BCUT2D eigenvalue weighted by molar-refractivity contribution is -0.514. The van der Waals surface area contributed by atoms with Crippen LogP contribution in [0.4, 0.5) is 5.69 Å². The van der Waals surface area contributed by atoms with Gasteiger partial charge in [0.1, 0.15) is 11.4 Å². The van der Waals surface area contributed by atoms with Gasteiger partial charge in [-0.05, 0) is 49.4 Å². The lowest BCUT2D eigenvalue weighted by Crippen LogP contribution is -2.32. The van der Waals surface area contributed by atoms with E-state index in [-0.39, 0.29) is 25.0 Å². The van der Waals surface area contributed by atoms with Crippen molar-refractivity contribution < 1.29 is 23.8 Å². The van der Waals surface area contributed by atoms with Crippen LogP contribution in [-0.4, -0.2) is 41.7 Å². The highest BCUT2D eigenvalue weighted by Gasteiger charge is 2.30. The second-order valence-corrected chi connectivity index (χ2v) is 8.07. The summed E-state index contributed by atoms with van der Waals surface area (Å²) in [7, 11) is 1.58. The van der Waals surface area contributed by atoms with Crippen molar-refractivity contribution >= 4 is 35.8 Å². The number of nitrogens with zero attached hydrogens (tertiary/aromatic N) is 2. The van der Waals surface area contributed by atoms with E-state index in [1.165, 1.54) is 0 Å². The van der Waals surface area contributed by atoms with E-state index >= 15 is 0 Å². The van der Waals surface area contributed by atoms with Gasteiger partial charge in [0.15, 0.2) is 0 Å². The highest BCUT2D eigenvalue weighted by molar-refractivity contribution is 7.80. The number of hydrogen-bond acceptors (Lipinski definition) is 5. The number of thiol groups is 1. The Bertz CT molecular complexity index is 1350. The molecule has 0 bridgehead atoms. The Hall–Kier alpha value is -3.82. The molecular weight excluding hydrogens is 452 g/mol. The van der Waals surface area contributed by atoms with Crippen molar-refractivity contribution in [2.24, 2.45) is 0 Å². The van der Waals surface area contributed by atoms with Gasteiger partial charge in [-0.15, -0.1) is 0 Å². The number of anilines is 1. The Labute approximate surface area is 202 Å². The van der Waals surface area contributed by atoms with Crippen LogP contribution < -0.4 is 19.8 Å². The molecule has 0 atom stereocenters. The van der Waals surface area contributed by atoms with E-state index in [0.29, 0.717) is 33.4 Å². The van der Waals surface area contributed by atoms with E-state index in [4.69, 9.17) is 22.5 Å². The third-order valence-electron chi connectivity index (χ3n) is 5.34. The number of amides is 2. The van der Waals surface area contributed by atoms with Crippen molar-refractivity contribution in [3.63, 3.8) is 0 Å². The Balaban J connectivity index is 1.82. The predicted octanol–water partition coefficient (Wildman–Crippen LogP) is 2.80. The molecule has 9 heteroatoms. The number of ether oxygens (including phenoxy) is 1. The molecule has 174 valence electrons. The summed E-state index contributed by atoms with van der Waals surface area (Å²) in [5.41, 5.74) is 3.80. The first-order chi connectivity index (χ1) is 16.4. The van der Waals surface area contributed by atoms with E-state index < -0.39 is 0 Å². The van der Waals surface area contributed by atoms with Gasteiger partial charge >= 0.3 is 5.91 Å². The number of aliphatic hydroxyl groups is 1. The summed E-state index contributed by atoms with van der Waals surface area (Å²) >= 11 is 4.71. The number of aromatic nitrogens is 2. The van der Waals surface area contributed by atoms with Crippen LogP contribution in [0.15, 0.2) is 71.9 Å². The van der Waals surface area contributed by atoms with Crippen molar-refractivity contribution in [3.8, 4) is 11.4 Å². The van der Waals surface area contributed by atoms with Gasteiger partial charge in [0.05, 0.1) is 25.5 Å². The fourth-order valence-electron chi connectivity index (χ4n) is 3.61. The Morgan fingerprint density at radius 3 is 2.41 bits per heavy atom. The molecule has 0 radical (unpaired) electrons. The van der Waals surface area contributed by atoms with Crippen LogP contribution in [0, 0.1) is 6.92 Å². The number of hydrogen-bond donors (Lipinski definition) is 4. The minimum Gasteiger partial charge on any atom is -0.497 e. The normalized spacial score (nSPS) is 10.8. The van der Waals surface area contributed by atoms with Gasteiger partial charge in [0.2, 0.25) is 5.03 Å². The first-order valence-electron chi connectivity index (χ1n) is 10.6. The third kappa shape index (κ3) is 4.61. The molecule has 0 saturated heterocycles. The molecule has 0 saturated carbocycles. The van der Waals surface area contributed by atoms with Crippen LogP contribution in [0.2, 0.25) is 0 Å². The molecule has 0 aliphatic rings. The first kappa shape index (κ1) is 23.3. The molecule has 3 N–H and O–H groups in total. The molecule has 2 aromatic heterocycles. The topological polar surface area (TPSA) is 96.7 Å². The zero-order chi connectivity index (χ0) is 24.2. The number of nitrogens with one attached hydrogen (secondary N) is 2. The number of benzene rings is 2. The number of carbonyl (C=O) groups excluding carboxylic acids is 2. The molecule has 2 heterocycles. The number of aliphatic hydroxyl groups excluding tert-OH is 1. The van der Waals surface area contributed by atoms with Gasteiger partial charge < -0.3 is 20.5 Å². The summed E-state index contributed by atoms with van der Waals surface area (Å²) in [4.78, 5) is 25.8. The van der Waals surface area contributed by atoms with Gasteiger partial charge in [-0.1, -0.05) is 30.3 Å². The highest BCUT2D eigenvalue weighted by Crippen LogP contribution is 2.24. The van der Waals surface area contributed by atoms with Gasteiger partial charge in [0, 0.05) is 18.3 Å². The SMILES string of the molecule is COc1ccc(NC(=O)c2c(S)n(-c3ccc(C)cc3)c3cc(C(=O)NCCO)cc[n+]23)cc1. The summed E-state index contributed by atoms with van der Waals surface area (Å²) in [5.74, 6) is 0.0110. The van der Waals surface area contributed by atoms with Gasteiger partial charge in [-0.25, -0.2) is 0 Å². The monoisotopic (exact) mass is 477 g/mol. The Kier molecular flexibility index (Phi) is 6.85. The molecule has 2 aromatic carbocycles. The molecule has 0 fully saturated rings. The lowest BCUT2D eigenvalue weighted by Gasteiger charge is -2.05. The van der Waals surface area contributed by atoms with Gasteiger partial charge in [-0.3, -0.25) is 9.59 Å². The second-order valence-electron chi connectivity index (χ2n) is 7.65. The van der Waals surface area contributed by atoms with Crippen LogP contribution >= 0.6 is 12.6 Å². The fraction of sp³-hybridized carbons (Fsp3) is 0.160. The largest absolute Gasteiger partial charge is 0.497 e. The van der Waals surface area contributed by atoms with E-state index in [0.717, 1.165) is 11.3 Å². The minimum atomic E-state index is -0.353. The number of carbonyl (C=O) groups is 2. The zero-order valence-corrected chi connectivity index (χ0v) is 19.7. The zero-order valence-electron chi connectivity index (χ0n) is 18.8. The molecule has 0 unspecified atom stereocenters. The number of imidazole rings is 1. The van der Waals surface area contributed by atoms with Crippen molar-refractivity contribution in [1.29, 1.82) is 0 Å². The van der Waals surface area contributed by atoms with Crippen LogP contribution in [-0.2, 0) is 0 Å². The molecule has 0 aliphatic carbocycles. The smallest absolute Gasteiger partial charge is 0.301 e. The summed E-state index contributed by atoms with van der Waals surface area (Å²) in [5, 5.41) is 15.0. The van der Waals surface area contributed by atoms with Crippen molar-refractivity contribution in [2.75, 3.05) is 25.6 Å². The fourth-order valence-corrected chi connectivity index (χ4v) is 4.04. The summed E-state index contributed by atoms with van der Waals surface area (Å²) < 4.78 is 8.68. The quantitative estimate of drug-likeness (QED) is 0.243. The number of aryl methyl sites for hydroxylation is 1. The number of fused-ring (bicyclic) bond motifs is 1. The maximum atomic E-state index is 13.3. The highest BCUT2D eigenvalue weighted by atomic mass is 32.1. The van der Waals surface area contributed by atoms with Crippen LogP contribution in [0.25, 0.3) is 11.3 Å². The Morgan fingerprint density at radius 1 is 1.06 bits per heavy atom. The molecule has 2 amide bonds. The molecule has 4 aromatic rings. The summed E-state index contributed by atoms with van der Waals surface area (Å²) in [6.45, 7) is 1.99. The minimum absolute atomic E-state index is 0.149. The third-order valence-corrected chi connectivity index (χ3v) is 5.75. The van der Waals surface area contributed by atoms with Crippen LogP contribution in [0.3, 0.4) is 0 Å². The summed E-state index contributed by atoms with van der Waals surface area (Å²) in [6, 6.07) is 18.1. The Morgan fingerprint density at radius 2 is 1.76 bits per heavy atom. The van der Waals surface area contributed by atoms with E-state index in [1.807, 2.05) is 35.8 Å². The number of methoxy groups -OCH3 is 1. The average molecular weight is 478 g/mol. The van der Waals surface area contributed by atoms with Crippen molar-refractivity contribution in [1.82, 2.24) is 9.88 Å². The average Bonchev–Trinajstić information content (AvgIpc) is 3.14. The van der Waals surface area contributed by atoms with Crippen molar-refractivity contribution in [2.45, 2.75) is 11.9 Å². The molecule has 0 aliphatic heterocycles. The second kappa shape index (κ2) is 9.98. The van der Waals surface area contributed by atoms with Gasteiger partial charge in [0.25, 0.3) is 17.2 Å². The molecular formula is C25H25N4O4S+. The van der Waals surface area contributed by atoms with Gasteiger partial charge in [-0.2, -0.15) is 8.97 Å². The van der Waals surface area contributed by atoms with Crippen molar-refractivity contribution in [3.05, 3.63) is 83.7 Å². The molecule has 0 spiro atoms. The predicted molar refractivity (Wildman–Crippen MR) is 131 cm³/mol. The lowest BCUT2D eigenvalue weighted by atomic mass is 10.2. The van der Waals surface area contributed by atoms with E-state index in [1.54, 1.807) is 54.1 Å². The summed E-state index contributed by atoms with van der Waals surface area (Å²) in [6.07, 6.45) is 1.66. The molecule has 34 heavy (non-hydrogen) atoms. The number of pyridine rings is 1. The van der Waals surface area contributed by atoms with E-state index in [9.17, 15) is 9.59 Å². The maximum Gasteiger partial charge on any atom is 0.301 e. The van der Waals surface area contributed by atoms with Crippen LogP contribution in [0.1, 0.15) is 26.4 Å². The number of rotatable bonds is 7. The maximum absolute atomic E-state index is 13.3. The molecule has 8 nitrogen and oxygen atoms in total.